The second-order valence-corrected chi connectivity index (χ2v) is 7.31. The Morgan fingerprint density at radius 1 is 1.17 bits per heavy atom. The Hall–Kier alpha value is 0.270. The summed E-state index contributed by atoms with van der Waals surface area (Å²) in [6.45, 7) is 7.35. The number of hydrogen-bond acceptors (Lipinski definition) is 3. The number of likely N-dealkylation sites (tertiary alicyclic amines) is 1. The number of nitrogens with one attached hydrogen (secondary N) is 1. The van der Waals surface area contributed by atoms with Gasteiger partial charge in [-0.1, -0.05) is 19.8 Å². The molecule has 0 aromatic rings. The van der Waals surface area contributed by atoms with E-state index in [0.717, 1.165) is 6.04 Å². The van der Waals surface area contributed by atoms with Crippen LogP contribution < -0.4 is 5.32 Å². The van der Waals surface area contributed by atoms with E-state index in [9.17, 15) is 0 Å². The Morgan fingerprint density at radius 3 is 2.61 bits per heavy atom. The summed E-state index contributed by atoms with van der Waals surface area (Å²) in [5, 5.41) is 3.89. The van der Waals surface area contributed by atoms with Gasteiger partial charge in [0, 0.05) is 17.3 Å². The maximum absolute atomic E-state index is 3.89. The molecule has 2 fully saturated rings. The number of hydrogen-bond donors (Lipinski definition) is 1. The second kappa shape index (κ2) is 7.16. The summed E-state index contributed by atoms with van der Waals surface area (Å²) in [6, 6.07) is 0.770. The van der Waals surface area contributed by atoms with Crippen molar-refractivity contribution in [3.05, 3.63) is 0 Å². The normalized spacial score (nSPS) is 29.3. The summed E-state index contributed by atoms with van der Waals surface area (Å²) >= 11 is 2.11. The standard InChI is InChI=1S/C15H30N2S/c1-3-17-11-6-7-14(8-12-17)16-13-15(18-2)9-4-5-10-15/h14,16H,3-13H2,1-2H3. The van der Waals surface area contributed by atoms with E-state index in [2.05, 4.69) is 35.2 Å². The zero-order valence-electron chi connectivity index (χ0n) is 12.2. The third-order valence-electron chi connectivity index (χ3n) is 4.93. The molecule has 1 N–H and O–H groups in total. The molecule has 0 bridgehead atoms. The van der Waals surface area contributed by atoms with Gasteiger partial charge in [0.15, 0.2) is 0 Å². The zero-order chi connectivity index (χ0) is 12.8. The third-order valence-corrected chi connectivity index (χ3v) is 6.35. The van der Waals surface area contributed by atoms with Gasteiger partial charge in [-0.05, 0) is 58.0 Å². The van der Waals surface area contributed by atoms with Crippen molar-refractivity contribution in [3.8, 4) is 0 Å². The van der Waals surface area contributed by atoms with Gasteiger partial charge in [0.25, 0.3) is 0 Å². The van der Waals surface area contributed by atoms with Gasteiger partial charge in [-0.3, -0.25) is 0 Å². The first-order valence-corrected chi connectivity index (χ1v) is 9.01. The average molecular weight is 270 g/mol. The monoisotopic (exact) mass is 270 g/mol. The van der Waals surface area contributed by atoms with Crippen LogP contribution in [0.3, 0.4) is 0 Å². The van der Waals surface area contributed by atoms with E-state index in [1.165, 1.54) is 71.1 Å². The van der Waals surface area contributed by atoms with Crippen LogP contribution in [0.4, 0.5) is 0 Å². The van der Waals surface area contributed by atoms with E-state index in [-0.39, 0.29) is 0 Å². The van der Waals surface area contributed by atoms with Crippen LogP contribution >= 0.6 is 11.8 Å². The predicted octanol–water partition coefficient (Wildman–Crippen LogP) is 3.13. The van der Waals surface area contributed by atoms with Crippen molar-refractivity contribution in [1.82, 2.24) is 10.2 Å². The van der Waals surface area contributed by atoms with E-state index in [0.29, 0.717) is 4.75 Å². The van der Waals surface area contributed by atoms with Gasteiger partial charge in [-0.2, -0.15) is 11.8 Å². The van der Waals surface area contributed by atoms with Crippen LogP contribution in [0.5, 0.6) is 0 Å². The number of nitrogens with zero attached hydrogens (tertiary/aromatic N) is 1. The highest BCUT2D eigenvalue weighted by atomic mass is 32.2. The van der Waals surface area contributed by atoms with Crippen molar-refractivity contribution in [1.29, 1.82) is 0 Å². The first kappa shape index (κ1) is 14.7. The Morgan fingerprint density at radius 2 is 1.94 bits per heavy atom. The molecule has 3 heteroatoms. The van der Waals surface area contributed by atoms with Crippen LogP contribution in [0.2, 0.25) is 0 Å². The van der Waals surface area contributed by atoms with Crippen molar-refractivity contribution in [2.24, 2.45) is 0 Å². The summed E-state index contributed by atoms with van der Waals surface area (Å²) in [6.07, 6.45) is 12.1. The molecule has 1 saturated heterocycles. The SMILES string of the molecule is CCN1CCCC(NCC2(SC)CCCC2)CC1. The predicted molar refractivity (Wildman–Crippen MR) is 82.5 cm³/mol. The Balaban J connectivity index is 1.75. The quantitative estimate of drug-likeness (QED) is 0.826. The molecular formula is C15H30N2S. The van der Waals surface area contributed by atoms with Crippen molar-refractivity contribution in [3.63, 3.8) is 0 Å². The number of rotatable bonds is 5. The van der Waals surface area contributed by atoms with Crippen LogP contribution in [-0.4, -0.2) is 48.1 Å². The van der Waals surface area contributed by atoms with E-state index < -0.39 is 0 Å². The highest BCUT2D eigenvalue weighted by Crippen LogP contribution is 2.39. The minimum atomic E-state index is 0.566. The van der Waals surface area contributed by atoms with Crippen LogP contribution in [-0.2, 0) is 0 Å². The van der Waals surface area contributed by atoms with Gasteiger partial charge in [0.1, 0.15) is 0 Å². The summed E-state index contributed by atoms with van der Waals surface area (Å²) < 4.78 is 0.566. The highest BCUT2D eigenvalue weighted by Gasteiger charge is 2.33. The fraction of sp³-hybridized carbons (Fsp3) is 1.00. The molecule has 2 rings (SSSR count). The zero-order valence-corrected chi connectivity index (χ0v) is 13.0. The van der Waals surface area contributed by atoms with E-state index in [4.69, 9.17) is 0 Å². The molecule has 1 aliphatic heterocycles. The summed E-state index contributed by atoms with van der Waals surface area (Å²) in [5.74, 6) is 0. The third kappa shape index (κ3) is 3.88. The average Bonchev–Trinajstić information content (AvgIpc) is 2.76. The Labute approximate surface area is 117 Å². The van der Waals surface area contributed by atoms with Crippen molar-refractivity contribution in [2.45, 2.75) is 62.7 Å². The van der Waals surface area contributed by atoms with Crippen molar-refractivity contribution < 1.29 is 0 Å². The molecule has 0 aromatic heterocycles. The van der Waals surface area contributed by atoms with Crippen molar-refractivity contribution >= 4 is 11.8 Å². The summed E-state index contributed by atoms with van der Waals surface area (Å²) in [7, 11) is 0. The van der Waals surface area contributed by atoms with Gasteiger partial charge in [-0.15, -0.1) is 0 Å². The topological polar surface area (TPSA) is 15.3 Å². The maximum Gasteiger partial charge on any atom is 0.0281 e. The van der Waals surface area contributed by atoms with Gasteiger partial charge in [-0.25, -0.2) is 0 Å². The summed E-state index contributed by atoms with van der Waals surface area (Å²) in [5.41, 5.74) is 0. The van der Waals surface area contributed by atoms with Crippen LogP contribution in [0.1, 0.15) is 51.9 Å². The Kier molecular flexibility index (Phi) is 5.84. The van der Waals surface area contributed by atoms with E-state index in [1.807, 2.05) is 0 Å². The first-order valence-electron chi connectivity index (χ1n) is 7.79. The van der Waals surface area contributed by atoms with Gasteiger partial charge < -0.3 is 10.2 Å². The molecule has 2 nitrogen and oxygen atoms in total. The lowest BCUT2D eigenvalue weighted by Crippen LogP contribution is -2.41. The fourth-order valence-corrected chi connectivity index (χ4v) is 4.40. The highest BCUT2D eigenvalue weighted by molar-refractivity contribution is 8.00. The van der Waals surface area contributed by atoms with Gasteiger partial charge >= 0.3 is 0 Å². The lowest BCUT2D eigenvalue weighted by atomic mass is 10.0. The van der Waals surface area contributed by atoms with E-state index >= 15 is 0 Å². The first-order chi connectivity index (χ1) is 8.78. The molecule has 1 saturated carbocycles. The summed E-state index contributed by atoms with van der Waals surface area (Å²) in [4.78, 5) is 2.60. The van der Waals surface area contributed by atoms with E-state index in [1.54, 1.807) is 0 Å². The van der Waals surface area contributed by atoms with Crippen LogP contribution in [0.25, 0.3) is 0 Å². The molecule has 1 aliphatic carbocycles. The molecule has 0 amide bonds. The van der Waals surface area contributed by atoms with Crippen LogP contribution in [0.15, 0.2) is 0 Å². The largest absolute Gasteiger partial charge is 0.313 e. The second-order valence-electron chi connectivity index (χ2n) is 6.04. The minimum Gasteiger partial charge on any atom is -0.313 e. The molecule has 0 radical (unpaired) electrons. The maximum atomic E-state index is 3.89. The van der Waals surface area contributed by atoms with Gasteiger partial charge in [0.05, 0.1) is 0 Å². The lowest BCUT2D eigenvalue weighted by molar-refractivity contribution is 0.296. The molecular weight excluding hydrogens is 240 g/mol. The molecule has 0 spiro atoms. The minimum absolute atomic E-state index is 0.566. The molecule has 1 atom stereocenters. The molecule has 1 heterocycles. The molecule has 2 aliphatic rings. The van der Waals surface area contributed by atoms with Crippen LogP contribution in [0, 0.1) is 0 Å². The molecule has 106 valence electrons. The Bertz CT molecular complexity index is 239. The molecule has 18 heavy (non-hydrogen) atoms. The fourth-order valence-electron chi connectivity index (χ4n) is 3.48. The molecule has 1 unspecified atom stereocenters. The van der Waals surface area contributed by atoms with Gasteiger partial charge in [0.2, 0.25) is 0 Å². The lowest BCUT2D eigenvalue weighted by Gasteiger charge is -2.29. The molecule has 0 aromatic carbocycles. The smallest absolute Gasteiger partial charge is 0.0281 e. The number of thioether (sulfide) groups is 1. The van der Waals surface area contributed by atoms with Crippen molar-refractivity contribution in [2.75, 3.05) is 32.4 Å².